The molecule has 1 aromatic rings. The van der Waals surface area contributed by atoms with Gasteiger partial charge in [-0.1, -0.05) is 6.07 Å². The van der Waals surface area contributed by atoms with Crippen LogP contribution in [0.4, 0.5) is 11.4 Å². The third kappa shape index (κ3) is 3.90. The molecule has 0 saturated carbocycles. The summed E-state index contributed by atoms with van der Waals surface area (Å²) < 4.78 is 54.0. The van der Waals surface area contributed by atoms with Gasteiger partial charge < -0.3 is 0 Å². The maximum Gasteiger partial charge on any atom is 0.299 e. The van der Waals surface area contributed by atoms with E-state index >= 15 is 0 Å². The molecular weight excluding hydrogens is 326 g/mol. The molecule has 1 aliphatic rings. The molecule has 0 unspecified atom stereocenters. The molecule has 7 nitrogen and oxygen atoms in total. The molecule has 124 valence electrons. The molecular formula is C13H21N3O4S2. The van der Waals surface area contributed by atoms with Gasteiger partial charge in [0.15, 0.2) is 0 Å². The van der Waals surface area contributed by atoms with Gasteiger partial charge in [0.25, 0.3) is 10.2 Å². The molecule has 0 bridgehead atoms. The van der Waals surface area contributed by atoms with Crippen molar-refractivity contribution in [3.05, 3.63) is 23.8 Å². The molecule has 2 rings (SSSR count). The van der Waals surface area contributed by atoms with Crippen LogP contribution < -0.4 is 13.7 Å². The van der Waals surface area contributed by atoms with E-state index in [2.05, 4.69) is 9.44 Å². The van der Waals surface area contributed by atoms with E-state index in [1.807, 2.05) is 0 Å². The molecule has 0 spiro atoms. The first-order chi connectivity index (χ1) is 10.1. The Morgan fingerprint density at radius 3 is 2.50 bits per heavy atom. The van der Waals surface area contributed by atoms with E-state index in [4.69, 9.17) is 0 Å². The van der Waals surface area contributed by atoms with Gasteiger partial charge in [-0.15, -0.1) is 0 Å². The Morgan fingerprint density at radius 2 is 1.95 bits per heavy atom. The second kappa shape index (κ2) is 6.05. The second-order valence-corrected chi connectivity index (χ2v) is 9.08. The average molecular weight is 347 g/mol. The highest BCUT2D eigenvalue weighted by Crippen LogP contribution is 2.30. The second-order valence-electron chi connectivity index (χ2n) is 5.62. The molecule has 1 saturated heterocycles. The van der Waals surface area contributed by atoms with Crippen LogP contribution in [0.15, 0.2) is 18.2 Å². The van der Waals surface area contributed by atoms with Crippen LogP contribution in [0.3, 0.4) is 0 Å². The summed E-state index contributed by atoms with van der Waals surface area (Å²) in [4.78, 5) is 0. The molecule has 9 heteroatoms. The van der Waals surface area contributed by atoms with Gasteiger partial charge in [-0.3, -0.25) is 9.03 Å². The molecule has 1 fully saturated rings. The van der Waals surface area contributed by atoms with E-state index in [0.29, 0.717) is 24.3 Å². The van der Waals surface area contributed by atoms with Crippen molar-refractivity contribution in [3.8, 4) is 0 Å². The zero-order valence-corrected chi connectivity index (χ0v) is 14.5. The molecule has 0 atom stereocenters. The minimum absolute atomic E-state index is 0.122. The first-order valence-electron chi connectivity index (χ1n) is 7.02. The molecule has 22 heavy (non-hydrogen) atoms. The van der Waals surface area contributed by atoms with Gasteiger partial charge in [-0.25, -0.2) is 8.42 Å². The Bertz CT molecular complexity index is 757. The lowest BCUT2D eigenvalue weighted by Gasteiger charge is -2.20. The molecule has 2 N–H and O–H groups in total. The lowest BCUT2D eigenvalue weighted by Crippen LogP contribution is -2.35. The van der Waals surface area contributed by atoms with Gasteiger partial charge in [0.2, 0.25) is 10.0 Å². The lowest BCUT2D eigenvalue weighted by molar-refractivity contribution is 0.575. The van der Waals surface area contributed by atoms with E-state index in [1.165, 1.54) is 4.31 Å². The van der Waals surface area contributed by atoms with E-state index in [0.717, 1.165) is 5.56 Å². The third-order valence-electron chi connectivity index (χ3n) is 3.22. The Kier molecular flexibility index (Phi) is 4.69. The summed E-state index contributed by atoms with van der Waals surface area (Å²) in [6, 6.07) is 4.64. The standard InChI is InChI=1S/C13H21N3O4S2/c1-10(2)14-22(19,20)15-12-6-5-11(3)13(9-12)16-7-4-8-21(16,17)18/h5-6,9-10,14-15H,4,7-8H2,1-3H3. The normalized spacial score (nSPS) is 17.9. The number of nitrogens with zero attached hydrogens (tertiary/aromatic N) is 1. The number of hydrogen-bond donors (Lipinski definition) is 2. The largest absolute Gasteiger partial charge is 0.299 e. The number of aryl methyl sites for hydroxylation is 1. The maximum absolute atomic E-state index is 12.0. The smallest absolute Gasteiger partial charge is 0.271 e. The first kappa shape index (κ1) is 17.0. The molecule has 1 heterocycles. The number of anilines is 2. The van der Waals surface area contributed by atoms with Gasteiger partial charge in [-0.2, -0.15) is 13.1 Å². The van der Waals surface area contributed by atoms with Crippen LogP contribution in [-0.4, -0.2) is 35.2 Å². The monoisotopic (exact) mass is 347 g/mol. The molecule has 0 radical (unpaired) electrons. The third-order valence-corrected chi connectivity index (χ3v) is 6.36. The Labute approximate surface area is 131 Å². The van der Waals surface area contributed by atoms with Crippen LogP contribution in [0.1, 0.15) is 25.8 Å². The van der Waals surface area contributed by atoms with Crippen LogP contribution in [0.5, 0.6) is 0 Å². The van der Waals surface area contributed by atoms with E-state index in [9.17, 15) is 16.8 Å². The summed E-state index contributed by atoms with van der Waals surface area (Å²) in [5.41, 5.74) is 1.63. The summed E-state index contributed by atoms with van der Waals surface area (Å²) in [7, 11) is -6.99. The zero-order chi connectivity index (χ0) is 16.5. The maximum atomic E-state index is 12.0. The Balaban J connectivity index is 2.32. The zero-order valence-electron chi connectivity index (χ0n) is 12.8. The molecule has 0 amide bonds. The van der Waals surface area contributed by atoms with Crippen molar-refractivity contribution in [2.24, 2.45) is 0 Å². The summed E-state index contributed by atoms with van der Waals surface area (Å²) in [5.74, 6) is 0.122. The van der Waals surface area contributed by atoms with Crippen molar-refractivity contribution < 1.29 is 16.8 Å². The SMILES string of the molecule is Cc1ccc(NS(=O)(=O)NC(C)C)cc1N1CCCS1(=O)=O. The van der Waals surface area contributed by atoms with Crippen molar-refractivity contribution >= 4 is 31.6 Å². The van der Waals surface area contributed by atoms with Crippen molar-refractivity contribution in [3.63, 3.8) is 0 Å². The van der Waals surface area contributed by atoms with Gasteiger partial charge in [0.1, 0.15) is 0 Å². The van der Waals surface area contributed by atoms with E-state index < -0.39 is 20.2 Å². The summed E-state index contributed by atoms with van der Waals surface area (Å²) >= 11 is 0. The number of hydrogen-bond acceptors (Lipinski definition) is 4. The van der Waals surface area contributed by atoms with Gasteiger partial charge in [-0.05, 0) is 44.9 Å². The van der Waals surface area contributed by atoms with Gasteiger partial charge in [0, 0.05) is 12.6 Å². The minimum Gasteiger partial charge on any atom is -0.271 e. The van der Waals surface area contributed by atoms with Gasteiger partial charge >= 0.3 is 0 Å². The fourth-order valence-electron chi connectivity index (χ4n) is 2.35. The highest BCUT2D eigenvalue weighted by Gasteiger charge is 2.29. The summed E-state index contributed by atoms with van der Waals surface area (Å²) in [6.07, 6.45) is 0.576. The van der Waals surface area contributed by atoms with Crippen molar-refractivity contribution in [2.75, 3.05) is 21.3 Å². The number of sulfonamides is 1. The quantitative estimate of drug-likeness (QED) is 0.836. The van der Waals surface area contributed by atoms with E-state index in [1.54, 1.807) is 39.0 Å². The topological polar surface area (TPSA) is 95.6 Å². The van der Waals surface area contributed by atoms with Crippen molar-refractivity contribution in [1.82, 2.24) is 4.72 Å². The van der Waals surface area contributed by atoms with E-state index in [-0.39, 0.29) is 11.8 Å². The molecule has 1 aromatic carbocycles. The van der Waals surface area contributed by atoms with Crippen molar-refractivity contribution in [1.29, 1.82) is 0 Å². The Morgan fingerprint density at radius 1 is 1.27 bits per heavy atom. The fraction of sp³-hybridized carbons (Fsp3) is 0.538. The average Bonchev–Trinajstić information content (AvgIpc) is 2.69. The highest BCUT2D eigenvalue weighted by molar-refractivity contribution is 7.93. The summed E-state index contributed by atoms with van der Waals surface area (Å²) in [5, 5.41) is 0. The van der Waals surface area contributed by atoms with Crippen molar-refractivity contribution in [2.45, 2.75) is 33.2 Å². The molecule has 1 aliphatic heterocycles. The summed E-state index contributed by atoms with van der Waals surface area (Å²) in [6.45, 7) is 5.66. The number of rotatable bonds is 5. The van der Waals surface area contributed by atoms with Crippen LogP contribution >= 0.6 is 0 Å². The highest BCUT2D eigenvalue weighted by atomic mass is 32.2. The van der Waals surface area contributed by atoms with Crippen LogP contribution in [-0.2, 0) is 20.2 Å². The number of nitrogens with one attached hydrogen (secondary N) is 2. The molecule has 0 aliphatic carbocycles. The van der Waals surface area contributed by atoms with Crippen LogP contribution in [0.2, 0.25) is 0 Å². The first-order valence-corrected chi connectivity index (χ1v) is 10.1. The predicted molar refractivity (Wildman–Crippen MR) is 87.7 cm³/mol. The predicted octanol–water partition coefficient (Wildman–Crippen LogP) is 1.19. The molecule has 0 aromatic heterocycles. The lowest BCUT2D eigenvalue weighted by atomic mass is 10.2. The fourth-order valence-corrected chi connectivity index (χ4v) is 5.08. The Hall–Kier alpha value is -1.32. The number of benzene rings is 1. The minimum atomic E-state index is -3.68. The van der Waals surface area contributed by atoms with Crippen LogP contribution in [0, 0.1) is 6.92 Å². The van der Waals surface area contributed by atoms with Gasteiger partial charge in [0.05, 0.1) is 17.1 Å². The van der Waals surface area contributed by atoms with Crippen LogP contribution in [0.25, 0.3) is 0 Å².